The van der Waals surface area contributed by atoms with Crippen LogP contribution in [-0.2, 0) is 11.0 Å². The highest BCUT2D eigenvalue weighted by molar-refractivity contribution is 5.93. The lowest BCUT2D eigenvalue weighted by Crippen LogP contribution is -2.37. The van der Waals surface area contributed by atoms with E-state index in [2.05, 4.69) is 17.1 Å². The Kier molecular flexibility index (Phi) is 6.21. The predicted octanol–water partition coefficient (Wildman–Crippen LogP) is 5.65. The van der Waals surface area contributed by atoms with Crippen LogP contribution in [0.1, 0.15) is 31.7 Å². The third kappa shape index (κ3) is 4.79. The maximum Gasteiger partial charge on any atom is 0.418 e. The molecule has 1 aliphatic heterocycles. The van der Waals surface area contributed by atoms with E-state index in [4.69, 9.17) is 9.72 Å². The average molecular weight is 443 g/mol. The van der Waals surface area contributed by atoms with E-state index in [0.29, 0.717) is 17.3 Å². The number of halogens is 3. The first-order valence-corrected chi connectivity index (χ1v) is 10.6. The molecule has 3 aromatic rings. The number of hydrogen-bond acceptors (Lipinski definition) is 4. The minimum Gasteiger partial charge on any atom is -0.481 e. The van der Waals surface area contributed by atoms with E-state index in [1.165, 1.54) is 24.6 Å². The number of alkyl halides is 3. The molecule has 0 bridgehead atoms. The van der Waals surface area contributed by atoms with Gasteiger partial charge in [0.15, 0.2) is 6.61 Å². The second-order valence-corrected chi connectivity index (χ2v) is 7.92. The Labute approximate surface area is 184 Å². The summed E-state index contributed by atoms with van der Waals surface area (Å²) in [5.74, 6) is 0.581. The maximum absolute atomic E-state index is 13.1. The molecule has 168 valence electrons. The van der Waals surface area contributed by atoms with Gasteiger partial charge in [-0.15, -0.1) is 0 Å². The Morgan fingerprint density at radius 3 is 2.72 bits per heavy atom. The number of nitrogens with zero attached hydrogens (tertiary/aromatic N) is 2. The number of aromatic nitrogens is 1. The smallest absolute Gasteiger partial charge is 0.418 e. The molecule has 1 N–H and O–H groups in total. The van der Waals surface area contributed by atoms with Gasteiger partial charge in [-0.1, -0.05) is 24.3 Å². The fourth-order valence-corrected chi connectivity index (χ4v) is 3.99. The molecule has 0 aliphatic carbocycles. The number of hydrogen-bond donors (Lipinski definition) is 1. The van der Waals surface area contributed by atoms with E-state index in [-0.39, 0.29) is 5.69 Å². The number of piperidine rings is 1. The minimum atomic E-state index is -4.56. The molecular weight excluding hydrogens is 419 g/mol. The molecule has 2 heterocycles. The van der Waals surface area contributed by atoms with Crippen molar-refractivity contribution in [1.82, 2.24) is 4.98 Å². The van der Waals surface area contributed by atoms with Gasteiger partial charge in [0.1, 0.15) is 17.1 Å². The van der Waals surface area contributed by atoms with E-state index < -0.39 is 24.3 Å². The lowest BCUT2D eigenvalue weighted by molar-refractivity contribution is -0.137. The Balaban J connectivity index is 1.51. The van der Waals surface area contributed by atoms with Crippen molar-refractivity contribution in [1.29, 1.82) is 0 Å². The normalized spacial score (nSPS) is 16.8. The minimum absolute atomic E-state index is 0.300. The standard InChI is InChI=1S/C24H24F3N3O2/c1-16-7-4-5-14-30(16)21-13-12-17-8-6-11-20(23(17)29-21)32-15-22(31)28-19-10-3-2-9-18(19)24(25,26)27/h2-3,6,8-13,16H,4-5,7,14-15H2,1H3,(H,28,31). The van der Waals surface area contributed by atoms with Crippen LogP contribution in [0.4, 0.5) is 24.7 Å². The van der Waals surface area contributed by atoms with E-state index in [1.54, 1.807) is 12.1 Å². The fraction of sp³-hybridized carbons (Fsp3) is 0.333. The molecule has 1 atom stereocenters. The zero-order valence-electron chi connectivity index (χ0n) is 17.7. The van der Waals surface area contributed by atoms with Crippen molar-refractivity contribution in [2.45, 2.75) is 38.4 Å². The van der Waals surface area contributed by atoms with Gasteiger partial charge in [-0.3, -0.25) is 4.79 Å². The number of ether oxygens (including phenoxy) is 1. The Morgan fingerprint density at radius 1 is 1.12 bits per heavy atom. The Bertz CT molecular complexity index is 1120. The van der Waals surface area contributed by atoms with Crippen LogP contribution < -0.4 is 15.0 Å². The highest BCUT2D eigenvalue weighted by Gasteiger charge is 2.33. The van der Waals surface area contributed by atoms with Gasteiger partial charge >= 0.3 is 6.18 Å². The zero-order valence-corrected chi connectivity index (χ0v) is 17.7. The van der Waals surface area contributed by atoms with E-state index in [0.717, 1.165) is 36.7 Å². The molecule has 1 aliphatic rings. The Morgan fingerprint density at radius 2 is 1.94 bits per heavy atom. The first-order valence-electron chi connectivity index (χ1n) is 10.6. The summed E-state index contributed by atoms with van der Waals surface area (Å²) in [5, 5.41) is 3.15. The van der Waals surface area contributed by atoms with Gasteiger partial charge in [-0.2, -0.15) is 13.2 Å². The third-order valence-electron chi connectivity index (χ3n) is 5.63. The molecule has 1 amide bonds. The molecule has 1 saturated heterocycles. The lowest BCUT2D eigenvalue weighted by atomic mass is 10.0. The second-order valence-electron chi connectivity index (χ2n) is 7.92. The van der Waals surface area contributed by atoms with Gasteiger partial charge in [-0.05, 0) is 56.5 Å². The molecule has 32 heavy (non-hydrogen) atoms. The van der Waals surface area contributed by atoms with Crippen molar-refractivity contribution >= 4 is 28.3 Å². The summed E-state index contributed by atoms with van der Waals surface area (Å²) < 4.78 is 45.1. The molecular formula is C24H24F3N3O2. The molecule has 1 unspecified atom stereocenters. The number of anilines is 2. The van der Waals surface area contributed by atoms with Gasteiger partial charge in [0.05, 0.1) is 11.3 Å². The number of carbonyl (C=O) groups is 1. The summed E-state index contributed by atoms with van der Waals surface area (Å²) in [4.78, 5) is 19.4. The van der Waals surface area contributed by atoms with E-state index in [1.807, 2.05) is 18.2 Å². The van der Waals surface area contributed by atoms with Crippen LogP contribution in [0.5, 0.6) is 5.75 Å². The highest BCUT2D eigenvalue weighted by atomic mass is 19.4. The third-order valence-corrected chi connectivity index (χ3v) is 5.63. The van der Waals surface area contributed by atoms with Crippen LogP contribution in [0.2, 0.25) is 0 Å². The highest BCUT2D eigenvalue weighted by Crippen LogP contribution is 2.34. The molecule has 0 radical (unpaired) electrons. The zero-order chi connectivity index (χ0) is 22.7. The van der Waals surface area contributed by atoms with Gasteiger partial charge in [0, 0.05) is 18.0 Å². The maximum atomic E-state index is 13.1. The number of benzene rings is 2. The van der Waals surface area contributed by atoms with Crippen LogP contribution >= 0.6 is 0 Å². The van der Waals surface area contributed by atoms with Crippen molar-refractivity contribution in [2.75, 3.05) is 23.4 Å². The van der Waals surface area contributed by atoms with Crippen molar-refractivity contribution in [3.8, 4) is 5.75 Å². The molecule has 2 aromatic carbocycles. The van der Waals surface area contributed by atoms with Gasteiger partial charge < -0.3 is 15.0 Å². The number of rotatable bonds is 5. The average Bonchev–Trinajstić information content (AvgIpc) is 2.77. The summed E-state index contributed by atoms with van der Waals surface area (Å²) in [5.41, 5.74) is -0.585. The number of carbonyl (C=O) groups excluding carboxylic acids is 1. The van der Waals surface area contributed by atoms with Gasteiger partial charge in [-0.25, -0.2) is 4.98 Å². The molecule has 1 fully saturated rings. The summed E-state index contributed by atoms with van der Waals surface area (Å²) in [6.45, 7) is 2.68. The second kappa shape index (κ2) is 9.06. The van der Waals surface area contributed by atoms with Crippen molar-refractivity contribution in [2.24, 2.45) is 0 Å². The van der Waals surface area contributed by atoms with Crippen LogP contribution in [-0.4, -0.2) is 30.1 Å². The van der Waals surface area contributed by atoms with Gasteiger partial charge in [0.2, 0.25) is 0 Å². The summed E-state index contributed by atoms with van der Waals surface area (Å²) in [6, 6.07) is 14.6. The van der Waals surface area contributed by atoms with Crippen molar-refractivity contribution in [3.63, 3.8) is 0 Å². The number of pyridine rings is 1. The van der Waals surface area contributed by atoms with Crippen molar-refractivity contribution < 1.29 is 22.7 Å². The summed E-state index contributed by atoms with van der Waals surface area (Å²) in [6.07, 6.45) is -1.14. The molecule has 8 heteroatoms. The molecule has 0 saturated carbocycles. The number of fused-ring (bicyclic) bond motifs is 1. The number of nitrogens with one attached hydrogen (secondary N) is 1. The molecule has 4 rings (SSSR count). The quantitative estimate of drug-likeness (QED) is 0.554. The monoisotopic (exact) mass is 443 g/mol. The largest absolute Gasteiger partial charge is 0.481 e. The number of amides is 1. The van der Waals surface area contributed by atoms with Crippen LogP contribution in [0, 0.1) is 0 Å². The molecule has 0 spiro atoms. The van der Waals surface area contributed by atoms with Crippen LogP contribution in [0.3, 0.4) is 0 Å². The SMILES string of the molecule is CC1CCCCN1c1ccc2cccc(OCC(=O)Nc3ccccc3C(F)(F)F)c2n1. The van der Waals surface area contributed by atoms with Gasteiger partial charge in [0.25, 0.3) is 5.91 Å². The van der Waals surface area contributed by atoms with E-state index >= 15 is 0 Å². The number of para-hydroxylation sites is 2. The first kappa shape index (κ1) is 21.9. The molecule has 1 aromatic heterocycles. The van der Waals surface area contributed by atoms with Crippen LogP contribution in [0.25, 0.3) is 10.9 Å². The topological polar surface area (TPSA) is 54.5 Å². The fourth-order valence-electron chi connectivity index (χ4n) is 3.99. The molecule has 5 nitrogen and oxygen atoms in total. The van der Waals surface area contributed by atoms with Crippen LogP contribution in [0.15, 0.2) is 54.6 Å². The Hall–Kier alpha value is -3.29. The predicted molar refractivity (Wildman–Crippen MR) is 118 cm³/mol. The summed E-state index contributed by atoms with van der Waals surface area (Å²) in [7, 11) is 0. The summed E-state index contributed by atoms with van der Waals surface area (Å²) >= 11 is 0. The lowest BCUT2D eigenvalue weighted by Gasteiger charge is -2.34. The van der Waals surface area contributed by atoms with E-state index in [9.17, 15) is 18.0 Å². The van der Waals surface area contributed by atoms with Crippen molar-refractivity contribution in [3.05, 3.63) is 60.2 Å². The first-order chi connectivity index (χ1) is 15.3.